The number of hydrogen-bond donors (Lipinski definition) is 0. The van der Waals surface area contributed by atoms with Crippen LogP contribution in [0.5, 0.6) is 0 Å². The van der Waals surface area contributed by atoms with Gasteiger partial charge in [-0.05, 0) is 6.07 Å². The van der Waals surface area contributed by atoms with E-state index in [-0.39, 0.29) is 12.3 Å². The van der Waals surface area contributed by atoms with E-state index in [4.69, 9.17) is 5.26 Å². The van der Waals surface area contributed by atoms with E-state index in [0.29, 0.717) is 18.7 Å². The highest BCUT2D eigenvalue weighted by atomic mass is 16.2. The summed E-state index contributed by atoms with van der Waals surface area (Å²) in [5.41, 5.74) is 1.55. The zero-order valence-electron chi connectivity index (χ0n) is 8.92. The number of carbonyl (C=O) groups is 1. The molecule has 1 amide bonds. The molecule has 1 aliphatic rings. The van der Waals surface area contributed by atoms with E-state index in [1.54, 1.807) is 17.9 Å². The van der Waals surface area contributed by atoms with Crippen LogP contribution in [0.15, 0.2) is 17.4 Å². The van der Waals surface area contributed by atoms with Gasteiger partial charge in [-0.2, -0.15) is 15.5 Å². The van der Waals surface area contributed by atoms with Crippen LogP contribution >= 0.6 is 0 Å². The van der Waals surface area contributed by atoms with Gasteiger partial charge in [0.2, 0.25) is 5.91 Å². The first kappa shape index (κ1) is 10.4. The summed E-state index contributed by atoms with van der Waals surface area (Å²) in [6.45, 7) is 0.358. The van der Waals surface area contributed by atoms with Crippen molar-refractivity contribution in [1.82, 2.24) is 14.8 Å². The molecule has 0 fully saturated rings. The second kappa shape index (κ2) is 4.14. The van der Waals surface area contributed by atoms with Crippen LogP contribution in [0.2, 0.25) is 0 Å². The maximum Gasteiger partial charge on any atom is 0.248 e. The van der Waals surface area contributed by atoms with Crippen molar-refractivity contribution in [2.45, 2.75) is 12.8 Å². The van der Waals surface area contributed by atoms with Gasteiger partial charge in [-0.1, -0.05) is 0 Å². The van der Waals surface area contributed by atoms with E-state index in [9.17, 15) is 4.79 Å². The van der Waals surface area contributed by atoms with Gasteiger partial charge < -0.3 is 0 Å². The minimum atomic E-state index is -0.0635. The average molecular weight is 217 g/mol. The van der Waals surface area contributed by atoms with Crippen LogP contribution in [0, 0.1) is 11.3 Å². The van der Waals surface area contributed by atoms with Crippen LogP contribution in [-0.2, 0) is 11.8 Å². The zero-order chi connectivity index (χ0) is 11.5. The highest BCUT2D eigenvalue weighted by molar-refractivity contribution is 6.12. The summed E-state index contributed by atoms with van der Waals surface area (Å²) in [4.78, 5) is 11.6. The van der Waals surface area contributed by atoms with Crippen molar-refractivity contribution in [3.05, 3.63) is 18.0 Å². The fourth-order valence-corrected chi connectivity index (χ4v) is 1.60. The number of nitriles is 1. The van der Waals surface area contributed by atoms with Crippen molar-refractivity contribution < 1.29 is 4.79 Å². The van der Waals surface area contributed by atoms with E-state index in [1.165, 1.54) is 5.01 Å². The minimum absolute atomic E-state index is 0.0635. The van der Waals surface area contributed by atoms with Gasteiger partial charge in [0, 0.05) is 13.2 Å². The summed E-state index contributed by atoms with van der Waals surface area (Å²) in [6.07, 6.45) is 2.25. The van der Waals surface area contributed by atoms with Crippen molar-refractivity contribution in [1.29, 1.82) is 5.26 Å². The van der Waals surface area contributed by atoms with Crippen LogP contribution in [-0.4, -0.2) is 33.0 Å². The molecule has 1 aliphatic heterocycles. The Bertz CT molecular complexity index is 482. The second-order valence-corrected chi connectivity index (χ2v) is 3.49. The van der Waals surface area contributed by atoms with Crippen LogP contribution < -0.4 is 0 Å². The van der Waals surface area contributed by atoms with Gasteiger partial charge in [-0.3, -0.25) is 9.48 Å². The van der Waals surface area contributed by atoms with Crippen LogP contribution in [0.1, 0.15) is 18.5 Å². The predicted molar refractivity (Wildman–Crippen MR) is 56.3 cm³/mol. The van der Waals surface area contributed by atoms with Crippen molar-refractivity contribution in [2.75, 3.05) is 6.54 Å². The van der Waals surface area contributed by atoms with Crippen molar-refractivity contribution in [3.63, 3.8) is 0 Å². The fourth-order valence-electron chi connectivity index (χ4n) is 1.60. The monoisotopic (exact) mass is 217 g/mol. The van der Waals surface area contributed by atoms with Crippen LogP contribution in [0.25, 0.3) is 0 Å². The molecule has 0 N–H and O–H groups in total. The highest BCUT2D eigenvalue weighted by Gasteiger charge is 2.25. The standard InChI is InChI=1S/C10H11N5O/c1-14-9(3-5-12-14)8-7-10(16)15(13-8)6-2-4-11/h3,5H,2,6-7H2,1H3. The van der Waals surface area contributed by atoms with Gasteiger partial charge >= 0.3 is 0 Å². The van der Waals surface area contributed by atoms with Crippen LogP contribution in [0.4, 0.5) is 0 Å². The fraction of sp³-hybridized carbons (Fsp3) is 0.400. The molecule has 2 rings (SSSR count). The molecule has 16 heavy (non-hydrogen) atoms. The predicted octanol–water partition coefficient (Wildman–Crippen LogP) is 0.270. The molecule has 6 heteroatoms. The highest BCUT2D eigenvalue weighted by Crippen LogP contribution is 2.14. The Hall–Kier alpha value is -2.16. The maximum atomic E-state index is 11.6. The van der Waals surface area contributed by atoms with Gasteiger partial charge in [0.1, 0.15) is 0 Å². The van der Waals surface area contributed by atoms with E-state index in [0.717, 1.165) is 5.69 Å². The lowest BCUT2D eigenvalue weighted by molar-refractivity contribution is -0.128. The maximum absolute atomic E-state index is 11.6. The van der Waals surface area contributed by atoms with Crippen molar-refractivity contribution in [3.8, 4) is 6.07 Å². The zero-order valence-corrected chi connectivity index (χ0v) is 8.92. The molecule has 0 bridgehead atoms. The number of hydrazone groups is 1. The summed E-state index contributed by atoms with van der Waals surface area (Å²) >= 11 is 0. The summed E-state index contributed by atoms with van der Waals surface area (Å²) in [5.74, 6) is -0.0635. The Morgan fingerprint density at radius 1 is 1.62 bits per heavy atom. The molecule has 2 heterocycles. The van der Waals surface area contributed by atoms with Gasteiger partial charge in [0.25, 0.3) is 0 Å². The lowest BCUT2D eigenvalue weighted by atomic mass is 10.2. The normalized spacial score (nSPS) is 15.1. The van der Waals surface area contributed by atoms with Gasteiger partial charge in [-0.25, -0.2) is 5.01 Å². The SMILES string of the molecule is Cn1nccc1C1=NN(CCC#N)C(=O)C1. The molecule has 0 spiro atoms. The number of carbonyl (C=O) groups excluding carboxylic acids is 1. The van der Waals surface area contributed by atoms with E-state index < -0.39 is 0 Å². The van der Waals surface area contributed by atoms with Crippen molar-refractivity contribution >= 4 is 11.6 Å². The smallest absolute Gasteiger partial charge is 0.248 e. The van der Waals surface area contributed by atoms with E-state index in [1.807, 2.05) is 12.1 Å². The molecule has 1 aromatic heterocycles. The van der Waals surface area contributed by atoms with Gasteiger partial charge in [-0.15, -0.1) is 0 Å². The summed E-state index contributed by atoms with van der Waals surface area (Å²) in [5, 5.41) is 18.0. The molecule has 82 valence electrons. The molecule has 0 saturated carbocycles. The Morgan fingerprint density at radius 3 is 3.06 bits per heavy atom. The number of hydrogen-bond acceptors (Lipinski definition) is 4. The lowest BCUT2D eigenvalue weighted by Crippen LogP contribution is -2.21. The number of aromatic nitrogens is 2. The molecule has 0 aromatic carbocycles. The molecular weight excluding hydrogens is 206 g/mol. The Balaban J connectivity index is 2.17. The number of nitrogens with zero attached hydrogens (tertiary/aromatic N) is 5. The summed E-state index contributed by atoms with van der Waals surface area (Å²) in [6, 6.07) is 3.81. The first-order valence-electron chi connectivity index (χ1n) is 4.95. The summed E-state index contributed by atoms with van der Waals surface area (Å²) < 4.78 is 1.68. The molecule has 0 radical (unpaired) electrons. The van der Waals surface area contributed by atoms with Crippen molar-refractivity contribution in [2.24, 2.45) is 12.1 Å². The van der Waals surface area contributed by atoms with Gasteiger partial charge in [0.15, 0.2) is 0 Å². The molecule has 0 saturated heterocycles. The quantitative estimate of drug-likeness (QED) is 0.729. The topological polar surface area (TPSA) is 74.3 Å². The van der Waals surface area contributed by atoms with Crippen LogP contribution in [0.3, 0.4) is 0 Å². The Morgan fingerprint density at radius 2 is 2.44 bits per heavy atom. The summed E-state index contributed by atoms with van der Waals surface area (Å²) in [7, 11) is 1.81. The molecule has 0 atom stereocenters. The molecule has 0 unspecified atom stereocenters. The Kier molecular flexibility index (Phi) is 2.68. The second-order valence-electron chi connectivity index (χ2n) is 3.49. The molecule has 0 aliphatic carbocycles. The third kappa shape index (κ3) is 1.80. The average Bonchev–Trinajstić information content (AvgIpc) is 2.82. The Labute approximate surface area is 92.8 Å². The molecular formula is C10H11N5O. The molecule has 1 aromatic rings. The lowest BCUT2D eigenvalue weighted by Gasteiger charge is -2.07. The van der Waals surface area contributed by atoms with E-state index >= 15 is 0 Å². The van der Waals surface area contributed by atoms with E-state index in [2.05, 4.69) is 10.2 Å². The minimum Gasteiger partial charge on any atom is -0.273 e. The first-order chi connectivity index (χ1) is 7.72. The molecule has 6 nitrogen and oxygen atoms in total. The van der Waals surface area contributed by atoms with Gasteiger partial charge in [0.05, 0.1) is 36.9 Å². The number of rotatable bonds is 3. The third-order valence-corrected chi connectivity index (χ3v) is 2.40. The number of aryl methyl sites for hydroxylation is 1. The number of amides is 1. The first-order valence-corrected chi connectivity index (χ1v) is 4.95. The largest absolute Gasteiger partial charge is 0.273 e. The third-order valence-electron chi connectivity index (χ3n) is 2.40.